The molecule has 1 N–H and O–H groups in total. The van der Waals surface area contributed by atoms with Gasteiger partial charge in [-0.15, -0.1) is 0 Å². The lowest BCUT2D eigenvalue weighted by atomic mass is 10.1. The van der Waals surface area contributed by atoms with Crippen molar-refractivity contribution in [1.29, 1.82) is 0 Å². The summed E-state index contributed by atoms with van der Waals surface area (Å²) in [5.41, 5.74) is 5.21. The average Bonchev–Trinajstić information content (AvgIpc) is 3.12. The van der Waals surface area contributed by atoms with Crippen molar-refractivity contribution in [2.24, 2.45) is 0 Å². The molecule has 28 heavy (non-hydrogen) atoms. The fourth-order valence-corrected chi connectivity index (χ4v) is 3.13. The lowest BCUT2D eigenvalue weighted by molar-refractivity contribution is 0.102. The van der Waals surface area contributed by atoms with Crippen LogP contribution in [0.4, 0.5) is 5.69 Å². The molecule has 0 aliphatic carbocycles. The number of anilines is 1. The first kappa shape index (κ1) is 18.0. The van der Waals surface area contributed by atoms with Crippen LogP contribution in [0.5, 0.6) is 0 Å². The van der Waals surface area contributed by atoms with Crippen molar-refractivity contribution >= 4 is 23.2 Å². The predicted octanol–water partition coefficient (Wildman–Crippen LogP) is 5.75. The van der Waals surface area contributed by atoms with Crippen LogP contribution in [0.25, 0.3) is 16.9 Å². The topological polar surface area (TPSA) is 46.9 Å². The highest BCUT2D eigenvalue weighted by atomic mass is 35.5. The van der Waals surface area contributed by atoms with Crippen molar-refractivity contribution < 1.29 is 4.79 Å². The normalized spacial score (nSPS) is 10.6. The summed E-state index contributed by atoms with van der Waals surface area (Å²) in [6.07, 6.45) is 0. The molecule has 0 bridgehead atoms. The molecule has 0 fully saturated rings. The molecule has 1 heterocycles. The van der Waals surface area contributed by atoms with Gasteiger partial charge in [-0.05, 0) is 61.5 Å². The molecule has 4 aromatic rings. The summed E-state index contributed by atoms with van der Waals surface area (Å²) in [5, 5.41) is 8.11. The Labute approximate surface area is 168 Å². The Morgan fingerprint density at radius 3 is 2.29 bits per heavy atom. The second kappa shape index (κ2) is 7.71. The van der Waals surface area contributed by atoms with Gasteiger partial charge in [0.2, 0.25) is 0 Å². The van der Waals surface area contributed by atoms with Crippen LogP contribution in [0.1, 0.15) is 16.1 Å². The highest BCUT2D eigenvalue weighted by molar-refractivity contribution is 6.30. The quantitative estimate of drug-likeness (QED) is 0.484. The molecule has 0 aliphatic heterocycles. The van der Waals surface area contributed by atoms with Gasteiger partial charge in [0.05, 0.1) is 17.1 Å². The van der Waals surface area contributed by atoms with E-state index in [1.54, 1.807) is 36.4 Å². The predicted molar refractivity (Wildman–Crippen MR) is 113 cm³/mol. The summed E-state index contributed by atoms with van der Waals surface area (Å²) in [7, 11) is 0. The Hall–Kier alpha value is -3.37. The summed E-state index contributed by atoms with van der Waals surface area (Å²) >= 11 is 5.88. The molecule has 0 atom stereocenters. The Morgan fingerprint density at radius 1 is 0.929 bits per heavy atom. The summed E-state index contributed by atoms with van der Waals surface area (Å²) in [4.78, 5) is 12.5. The van der Waals surface area contributed by atoms with Crippen LogP contribution in [0, 0.1) is 6.92 Å². The molecule has 5 heteroatoms. The van der Waals surface area contributed by atoms with Gasteiger partial charge in [0.1, 0.15) is 0 Å². The van der Waals surface area contributed by atoms with Gasteiger partial charge in [-0.25, -0.2) is 4.68 Å². The zero-order valence-electron chi connectivity index (χ0n) is 15.3. The van der Waals surface area contributed by atoms with Crippen LogP contribution in [0.2, 0.25) is 5.02 Å². The Morgan fingerprint density at radius 2 is 1.61 bits per heavy atom. The van der Waals surface area contributed by atoms with Crippen molar-refractivity contribution in [2.45, 2.75) is 6.92 Å². The highest BCUT2D eigenvalue weighted by Crippen LogP contribution is 2.24. The summed E-state index contributed by atoms with van der Waals surface area (Å²) in [6, 6.07) is 26.6. The van der Waals surface area contributed by atoms with Crippen molar-refractivity contribution in [1.82, 2.24) is 9.78 Å². The molecule has 0 radical (unpaired) electrons. The van der Waals surface area contributed by atoms with E-state index in [0.717, 1.165) is 22.6 Å². The van der Waals surface area contributed by atoms with E-state index in [4.69, 9.17) is 11.6 Å². The summed E-state index contributed by atoms with van der Waals surface area (Å²) < 4.78 is 1.89. The average molecular weight is 388 g/mol. The SMILES string of the molecule is Cc1cc(-c2ccccc2)n(-c2ccc(C(=O)Nc3ccc(Cl)cc3)cc2)n1. The third kappa shape index (κ3) is 3.82. The van der Waals surface area contributed by atoms with E-state index in [0.29, 0.717) is 16.3 Å². The van der Waals surface area contributed by atoms with Crippen LogP contribution in [0.3, 0.4) is 0 Å². The van der Waals surface area contributed by atoms with Gasteiger partial charge in [0.15, 0.2) is 0 Å². The van der Waals surface area contributed by atoms with E-state index < -0.39 is 0 Å². The maximum Gasteiger partial charge on any atom is 0.255 e. The minimum absolute atomic E-state index is 0.172. The van der Waals surface area contributed by atoms with E-state index in [2.05, 4.69) is 28.6 Å². The van der Waals surface area contributed by atoms with Crippen molar-refractivity contribution in [3.63, 3.8) is 0 Å². The van der Waals surface area contributed by atoms with Crippen LogP contribution >= 0.6 is 11.6 Å². The minimum Gasteiger partial charge on any atom is -0.322 e. The number of carbonyl (C=O) groups is 1. The standard InChI is InChI=1S/C23H18ClN3O/c1-16-15-22(17-5-3-2-4-6-17)27(26-16)21-13-7-18(8-14-21)23(28)25-20-11-9-19(24)10-12-20/h2-15H,1H3,(H,25,28). The molecule has 0 saturated carbocycles. The molecule has 3 aromatic carbocycles. The monoisotopic (exact) mass is 387 g/mol. The van der Waals surface area contributed by atoms with E-state index >= 15 is 0 Å². The first-order valence-corrected chi connectivity index (χ1v) is 9.27. The number of aryl methyl sites for hydroxylation is 1. The maximum absolute atomic E-state index is 12.5. The lowest BCUT2D eigenvalue weighted by Crippen LogP contribution is -2.12. The number of nitrogens with one attached hydrogen (secondary N) is 1. The molecule has 138 valence electrons. The Balaban J connectivity index is 1.59. The number of rotatable bonds is 4. The molecule has 0 spiro atoms. The van der Waals surface area contributed by atoms with Gasteiger partial charge in [-0.1, -0.05) is 41.9 Å². The molecule has 4 nitrogen and oxygen atoms in total. The van der Waals surface area contributed by atoms with Crippen molar-refractivity contribution in [3.8, 4) is 16.9 Å². The molecule has 0 aliphatic rings. The van der Waals surface area contributed by atoms with Crippen LogP contribution < -0.4 is 5.32 Å². The molecule has 1 aromatic heterocycles. The van der Waals surface area contributed by atoms with Crippen LogP contribution in [-0.2, 0) is 0 Å². The van der Waals surface area contributed by atoms with Gasteiger partial charge >= 0.3 is 0 Å². The third-order valence-electron chi connectivity index (χ3n) is 4.38. The minimum atomic E-state index is -0.172. The number of benzene rings is 3. The first-order valence-electron chi connectivity index (χ1n) is 8.89. The number of hydrogen-bond acceptors (Lipinski definition) is 2. The van der Waals surface area contributed by atoms with E-state index in [-0.39, 0.29) is 5.91 Å². The second-order valence-electron chi connectivity index (χ2n) is 6.46. The largest absolute Gasteiger partial charge is 0.322 e. The van der Waals surface area contributed by atoms with Crippen LogP contribution in [-0.4, -0.2) is 15.7 Å². The molecule has 4 rings (SSSR count). The summed E-state index contributed by atoms with van der Waals surface area (Å²) in [5.74, 6) is -0.172. The fraction of sp³-hybridized carbons (Fsp3) is 0.0435. The van der Waals surface area contributed by atoms with Gasteiger partial charge < -0.3 is 5.32 Å². The zero-order chi connectivity index (χ0) is 19.5. The Kier molecular flexibility index (Phi) is 4.96. The van der Waals surface area contributed by atoms with E-state index in [1.807, 2.05) is 41.9 Å². The molecular weight excluding hydrogens is 370 g/mol. The second-order valence-corrected chi connectivity index (χ2v) is 6.89. The molecule has 0 saturated heterocycles. The number of nitrogens with zero attached hydrogens (tertiary/aromatic N) is 2. The number of amides is 1. The Bertz CT molecular complexity index is 1100. The van der Waals surface area contributed by atoms with Crippen LogP contribution in [0.15, 0.2) is 84.9 Å². The number of halogens is 1. The van der Waals surface area contributed by atoms with Crippen molar-refractivity contribution in [3.05, 3.63) is 101 Å². The molecule has 1 amide bonds. The maximum atomic E-state index is 12.5. The zero-order valence-corrected chi connectivity index (χ0v) is 16.0. The van der Waals surface area contributed by atoms with E-state index in [9.17, 15) is 4.79 Å². The van der Waals surface area contributed by atoms with Gasteiger partial charge in [-0.2, -0.15) is 5.10 Å². The van der Waals surface area contributed by atoms with E-state index in [1.165, 1.54) is 0 Å². The smallest absolute Gasteiger partial charge is 0.255 e. The fourth-order valence-electron chi connectivity index (χ4n) is 3.00. The third-order valence-corrected chi connectivity index (χ3v) is 4.63. The van der Waals surface area contributed by atoms with Gasteiger partial charge in [0, 0.05) is 21.8 Å². The number of carbonyl (C=O) groups excluding carboxylic acids is 1. The molecular formula is C23H18ClN3O. The number of aromatic nitrogens is 2. The lowest BCUT2D eigenvalue weighted by Gasteiger charge is -2.09. The van der Waals surface area contributed by atoms with Gasteiger partial charge in [0.25, 0.3) is 5.91 Å². The van der Waals surface area contributed by atoms with Gasteiger partial charge in [-0.3, -0.25) is 4.79 Å². The highest BCUT2D eigenvalue weighted by Gasteiger charge is 2.11. The first-order chi connectivity index (χ1) is 13.6. The number of hydrogen-bond donors (Lipinski definition) is 1. The summed E-state index contributed by atoms with van der Waals surface area (Å²) in [6.45, 7) is 1.97. The molecule has 0 unspecified atom stereocenters. The van der Waals surface area contributed by atoms with Crippen molar-refractivity contribution in [2.75, 3.05) is 5.32 Å².